The van der Waals surface area contributed by atoms with Crippen LogP contribution in [0.15, 0.2) is 57.5 Å². The van der Waals surface area contributed by atoms with Crippen LogP contribution in [0.3, 0.4) is 0 Å². The van der Waals surface area contributed by atoms with Gasteiger partial charge in [-0.3, -0.25) is 0 Å². The van der Waals surface area contributed by atoms with Crippen LogP contribution in [0.1, 0.15) is 38.8 Å². The molecule has 0 radical (unpaired) electrons. The van der Waals surface area contributed by atoms with E-state index in [0.717, 1.165) is 8.95 Å². The Labute approximate surface area is 149 Å². The zero-order valence-electron chi connectivity index (χ0n) is 12.8. The van der Waals surface area contributed by atoms with Gasteiger partial charge in [0.15, 0.2) is 0 Å². The molecule has 0 aliphatic carbocycles. The third-order valence-corrected chi connectivity index (χ3v) is 6.14. The monoisotopic (exact) mass is 426 g/mol. The molecule has 0 unspecified atom stereocenters. The maximum absolute atomic E-state index is 3.51. The summed E-state index contributed by atoms with van der Waals surface area (Å²) < 4.78 is 2.35. The summed E-state index contributed by atoms with van der Waals surface area (Å²) in [7, 11) is 0. The van der Waals surface area contributed by atoms with Gasteiger partial charge < -0.3 is 0 Å². The van der Waals surface area contributed by atoms with Gasteiger partial charge in [0.1, 0.15) is 0 Å². The average Bonchev–Trinajstić information content (AvgIpc) is 2.38. The summed E-state index contributed by atoms with van der Waals surface area (Å²) >= 11 is 9.00. The fourth-order valence-corrected chi connectivity index (χ4v) is 4.77. The minimum absolute atomic E-state index is 0.0529. The summed E-state index contributed by atoms with van der Waals surface area (Å²) in [6.45, 7) is 9.17. The lowest BCUT2D eigenvalue weighted by Gasteiger charge is -2.35. The number of hydrogen-bond acceptors (Lipinski definition) is 1. The molecule has 0 aromatic heterocycles. The van der Waals surface area contributed by atoms with Gasteiger partial charge in [0.2, 0.25) is 0 Å². The summed E-state index contributed by atoms with van der Waals surface area (Å²) in [5.41, 5.74) is 2.70. The Balaban J connectivity index is 2.25. The highest BCUT2D eigenvalue weighted by Gasteiger charge is 2.32. The van der Waals surface area contributed by atoms with Crippen LogP contribution in [0.2, 0.25) is 0 Å². The van der Waals surface area contributed by atoms with E-state index in [1.165, 1.54) is 11.1 Å². The molecule has 0 aliphatic rings. The first kappa shape index (κ1) is 17.1. The van der Waals surface area contributed by atoms with E-state index in [9.17, 15) is 0 Å². The molecule has 2 rings (SSSR count). The highest BCUT2D eigenvalue weighted by molar-refractivity contribution is 9.10. The number of hydrogen-bond donors (Lipinski definition) is 0. The molecule has 2 aromatic rings. The predicted molar refractivity (Wildman–Crippen MR) is 102 cm³/mol. The van der Waals surface area contributed by atoms with Crippen molar-refractivity contribution in [3.05, 3.63) is 68.6 Å². The van der Waals surface area contributed by atoms with Crippen molar-refractivity contribution >= 4 is 43.6 Å². The number of halogens is 2. The van der Waals surface area contributed by atoms with E-state index >= 15 is 0 Å². The van der Waals surface area contributed by atoms with Crippen molar-refractivity contribution < 1.29 is 0 Å². The van der Waals surface area contributed by atoms with Crippen LogP contribution < -0.4 is 0 Å². The minimum atomic E-state index is 0.0529. The second kappa shape index (κ2) is 6.47. The summed E-state index contributed by atoms with van der Waals surface area (Å²) in [5, 5.41) is 0. The molecule has 0 fully saturated rings. The molecule has 0 bridgehead atoms. The molecule has 3 heteroatoms. The molecule has 0 saturated heterocycles. The third kappa shape index (κ3) is 4.37. The third-order valence-electron chi connectivity index (χ3n) is 3.59. The molecular formula is C18H20Br2S. The quantitative estimate of drug-likeness (QED) is 0.500. The fraction of sp³-hybridized carbons (Fsp3) is 0.333. The Morgan fingerprint density at radius 3 is 1.19 bits per heavy atom. The zero-order valence-corrected chi connectivity index (χ0v) is 16.8. The number of rotatable bonds is 4. The van der Waals surface area contributed by atoms with Crippen molar-refractivity contribution in [2.45, 2.75) is 37.2 Å². The van der Waals surface area contributed by atoms with Gasteiger partial charge in [0.05, 0.1) is 0 Å². The van der Waals surface area contributed by atoms with Gasteiger partial charge >= 0.3 is 0 Å². The van der Waals surface area contributed by atoms with E-state index in [2.05, 4.69) is 108 Å². The summed E-state index contributed by atoms with van der Waals surface area (Å²) in [6, 6.07) is 17.3. The maximum atomic E-state index is 3.51. The second-order valence-corrected chi connectivity index (χ2v) is 10.2. The molecule has 0 amide bonds. The van der Waals surface area contributed by atoms with Crippen LogP contribution in [0.5, 0.6) is 0 Å². The van der Waals surface area contributed by atoms with Crippen molar-refractivity contribution in [2.75, 3.05) is 0 Å². The van der Waals surface area contributed by atoms with E-state index < -0.39 is 0 Å². The maximum Gasteiger partial charge on any atom is 0.0360 e. The van der Waals surface area contributed by atoms with Gasteiger partial charge in [-0.2, -0.15) is 0 Å². The Morgan fingerprint density at radius 2 is 0.905 bits per heavy atom. The molecule has 21 heavy (non-hydrogen) atoms. The van der Waals surface area contributed by atoms with Crippen LogP contribution in [0.25, 0.3) is 0 Å². The van der Waals surface area contributed by atoms with E-state index in [4.69, 9.17) is 0 Å². The van der Waals surface area contributed by atoms with Crippen LogP contribution in [-0.2, 0) is 9.49 Å². The van der Waals surface area contributed by atoms with Crippen LogP contribution >= 0.6 is 43.6 Å². The first-order valence-corrected chi connectivity index (χ1v) is 9.33. The van der Waals surface area contributed by atoms with Crippen LogP contribution in [0.4, 0.5) is 0 Å². The van der Waals surface area contributed by atoms with Gasteiger partial charge in [0.25, 0.3) is 0 Å². The fourth-order valence-electron chi connectivity index (χ4n) is 2.46. The van der Waals surface area contributed by atoms with Gasteiger partial charge in [0, 0.05) is 18.4 Å². The molecule has 112 valence electrons. The molecule has 0 saturated carbocycles. The highest BCUT2D eigenvalue weighted by atomic mass is 79.9. The molecule has 0 aliphatic heterocycles. The Bertz CT molecular complexity index is 543. The van der Waals surface area contributed by atoms with E-state index in [1.807, 2.05) is 11.8 Å². The highest BCUT2D eigenvalue weighted by Crippen LogP contribution is 2.48. The molecule has 0 spiro atoms. The van der Waals surface area contributed by atoms with Crippen LogP contribution in [0, 0.1) is 0 Å². The first-order valence-electron chi connectivity index (χ1n) is 6.93. The average molecular weight is 428 g/mol. The number of thioether (sulfide) groups is 1. The molecule has 2 aromatic carbocycles. The summed E-state index contributed by atoms with van der Waals surface area (Å²) in [6.07, 6.45) is 0. The Hall–Kier alpha value is -0.250. The lowest BCUT2D eigenvalue weighted by Crippen LogP contribution is -2.22. The topological polar surface area (TPSA) is 0 Å². The summed E-state index contributed by atoms with van der Waals surface area (Å²) in [5.74, 6) is 0. The predicted octanol–water partition coefficient (Wildman–Crippen LogP) is 7.12. The lowest BCUT2D eigenvalue weighted by atomic mass is 10.0. The van der Waals surface area contributed by atoms with Crippen molar-refractivity contribution in [3.63, 3.8) is 0 Å². The van der Waals surface area contributed by atoms with Crippen LogP contribution in [-0.4, -0.2) is 0 Å². The van der Waals surface area contributed by atoms with E-state index in [1.54, 1.807) is 0 Å². The molecule has 0 atom stereocenters. The summed E-state index contributed by atoms with van der Waals surface area (Å²) in [4.78, 5) is 0. The van der Waals surface area contributed by atoms with Gasteiger partial charge in [-0.1, -0.05) is 56.1 Å². The minimum Gasteiger partial charge on any atom is -0.140 e. The van der Waals surface area contributed by atoms with Crippen molar-refractivity contribution in [3.8, 4) is 0 Å². The van der Waals surface area contributed by atoms with Crippen molar-refractivity contribution in [1.82, 2.24) is 0 Å². The first-order chi connectivity index (χ1) is 9.71. The van der Waals surface area contributed by atoms with Gasteiger partial charge in [-0.15, -0.1) is 11.8 Å². The number of benzene rings is 2. The van der Waals surface area contributed by atoms with Crippen molar-refractivity contribution in [1.29, 1.82) is 0 Å². The largest absolute Gasteiger partial charge is 0.140 e. The smallest absolute Gasteiger partial charge is 0.0360 e. The standard InChI is InChI=1S/C18H20Br2S/c1-17(2,13-5-9-15(19)10-6-13)21-18(3,4)14-7-11-16(20)12-8-14/h5-12H,1-4H3. The second-order valence-electron chi connectivity index (χ2n) is 6.14. The zero-order chi connectivity index (χ0) is 15.7. The lowest BCUT2D eigenvalue weighted by molar-refractivity contribution is 0.717. The molecule has 0 heterocycles. The van der Waals surface area contributed by atoms with Gasteiger partial charge in [-0.05, 0) is 63.1 Å². The Kier molecular flexibility index (Phi) is 5.27. The Morgan fingerprint density at radius 1 is 0.619 bits per heavy atom. The van der Waals surface area contributed by atoms with Gasteiger partial charge in [-0.25, -0.2) is 0 Å². The van der Waals surface area contributed by atoms with E-state index in [0.29, 0.717) is 0 Å². The molecule has 0 nitrogen and oxygen atoms in total. The molecule has 0 N–H and O–H groups in total. The normalized spacial score (nSPS) is 12.5. The molecular weight excluding hydrogens is 408 g/mol. The van der Waals surface area contributed by atoms with E-state index in [-0.39, 0.29) is 9.49 Å². The SMILES string of the molecule is CC(C)(SC(C)(C)c1ccc(Br)cc1)c1ccc(Br)cc1. The van der Waals surface area contributed by atoms with Crippen molar-refractivity contribution in [2.24, 2.45) is 0 Å².